The van der Waals surface area contributed by atoms with Crippen LogP contribution in [0.1, 0.15) is 32.7 Å². The highest BCUT2D eigenvalue weighted by Crippen LogP contribution is 2.32. The van der Waals surface area contributed by atoms with Gasteiger partial charge in [0.25, 0.3) is 21.8 Å². The quantitative estimate of drug-likeness (QED) is 0.366. The van der Waals surface area contributed by atoms with Crippen molar-refractivity contribution in [3.8, 4) is 0 Å². The van der Waals surface area contributed by atoms with Crippen LogP contribution in [0, 0.1) is 0 Å². The summed E-state index contributed by atoms with van der Waals surface area (Å²) in [5.74, 6) is -0.650. The van der Waals surface area contributed by atoms with Crippen molar-refractivity contribution in [2.45, 2.75) is 17.7 Å². The predicted octanol–water partition coefficient (Wildman–Crippen LogP) is 5.33. The first-order chi connectivity index (χ1) is 17.9. The lowest BCUT2D eigenvalue weighted by atomic mass is 10.0. The topological polar surface area (TPSA) is 95.6 Å². The molecular weight excluding hydrogens is 486 g/mol. The van der Waals surface area contributed by atoms with Crippen molar-refractivity contribution in [3.63, 3.8) is 0 Å². The minimum atomic E-state index is -3.73. The third-order valence-corrected chi connectivity index (χ3v) is 8.01. The Kier molecular flexibility index (Phi) is 6.74. The number of sulfonamides is 1. The van der Waals surface area contributed by atoms with Crippen LogP contribution < -0.4 is 14.9 Å². The Morgan fingerprint density at radius 2 is 1.32 bits per heavy atom. The van der Waals surface area contributed by atoms with Crippen molar-refractivity contribution in [1.29, 1.82) is 0 Å². The number of fused-ring (bicyclic) bond motifs is 1. The van der Waals surface area contributed by atoms with Crippen molar-refractivity contribution in [2.75, 3.05) is 21.5 Å². The van der Waals surface area contributed by atoms with Gasteiger partial charge in [-0.1, -0.05) is 42.5 Å². The van der Waals surface area contributed by atoms with Gasteiger partial charge in [-0.05, 0) is 79.1 Å². The molecule has 0 aliphatic carbocycles. The van der Waals surface area contributed by atoms with Crippen LogP contribution in [0.25, 0.3) is 0 Å². The first-order valence-electron chi connectivity index (χ1n) is 11.9. The van der Waals surface area contributed by atoms with Gasteiger partial charge in [-0.15, -0.1) is 0 Å². The van der Waals surface area contributed by atoms with Crippen LogP contribution in [0.2, 0.25) is 0 Å². The summed E-state index contributed by atoms with van der Waals surface area (Å²) in [6, 6.07) is 29.1. The third-order valence-electron chi connectivity index (χ3n) is 6.19. The standard InChI is InChI=1S/C29H25N3O4S/c33-28(22-9-2-1-3-10-22)31-25-13-6-11-23(20-25)29(34)30-24-15-17-26(18-16-24)37(35,36)32-19-7-12-21-8-4-5-14-27(21)32/h1-6,8-11,13-18,20H,7,12,19H2,(H,30,34)(H,31,33). The molecule has 1 aliphatic heterocycles. The molecule has 0 aromatic heterocycles. The molecule has 5 rings (SSSR count). The molecule has 0 bridgehead atoms. The fourth-order valence-electron chi connectivity index (χ4n) is 4.32. The molecule has 4 aromatic carbocycles. The van der Waals surface area contributed by atoms with Gasteiger partial charge in [0.15, 0.2) is 0 Å². The van der Waals surface area contributed by atoms with Gasteiger partial charge in [-0.25, -0.2) is 8.42 Å². The van der Waals surface area contributed by atoms with E-state index in [1.165, 1.54) is 16.4 Å². The lowest BCUT2D eigenvalue weighted by Crippen LogP contribution is -2.35. The van der Waals surface area contributed by atoms with Crippen LogP contribution in [0.15, 0.2) is 108 Å². The predicted molar refractivity (Wildman–Crippen MR) is 145 cm³/mol. The van der Waals surface area contributed by atoms with E-state index < -0.39 is 10.0 Å². The zero-order valence-electron chi connectivity index (χ0n) is 19.9. The van der Waals surface area contributed by atoms with Crippen molar-refractivity contribution < 1.29 is 18.0 Å². The average molecular weight is 512 g/mol. The van der Waals surface area contributed by atoms with Crippen molar-refractivity contribution in [1.82, 2.24) is 0 Å². The molecule has 186 valence electrons. The second-order valence-corrected chi connectivity index (χ2v) is 10.6. The van der Waals surface area contributed by atoms with Gasteiger partial charge in [0.05, 0.1) is 10.6 Å². The van der Waals surface area contributed by atoms with Gasteiger partial charge >= 0.3 is 0 Å². The summed E-state index contributed by atoms with van der Waals surface area (Å²) in [7, 11) is -3.73. The first-order valence-corrected chi connectivity index (χ1v) is 13.3. The van der Waals surface area contributed by atoms with E-state index in [9.17, 15) is 18.0 Å². The summed E-state index contributed by atoms with van der Waals surface area (Å²) in [4.78, 5) is 25.4. The van der Waals surface area contributed by atoms with Gasteiger partial charge < -0.3 is 10.6 Å². The Labute approximate surface area is 215 Å². The molecule has 4 aromatic rings. The van der Waals surface area contributed by atoms with E-state index in [1.807, 2.05) is 30.3 Å². The van der Waals surface area contributed by atoms with Gasteiger partial charge in [0.1, 0.15) is 0 Å². The van der Waals surface area contributed by atoms with Crippen LogP contribution in [-0.4, -0.2) is 26.8 Å². The van der Waals surface area contributed by atoms with Crippen LogP contribution in [0.5, 0.6) is 0 Å². The molecule has 1 heterocycles. The van der Waals surface area contributed by atoms with E-state index in [0.29, 0.717) is 34.7 Å². The Morgan fingerprint density at radius 1 is 0.676 bits per heavy atom. The van der Waals surface area contributed by atoms with E-state index in [0.717, 1.165) is 18.4 Å². The Bertz CT molecular complexity index is 1550. The van der Waals surface area contributed by atoms with Gasteiger partial charge in [0.2, 0.25) is 0 Å². The number of aryl methyl sites for hydroxylation is 1. The summed E-state index contributed by atoms with van der Waals surface area (Å²) < 4.78 is 28.1. The van der Waals surface area contributed by atoms with Crippen LogP contribution in [0.3, 0.4) is 0 Å². The molecule has 0 spiro atoms. The lowest BCUT2D eigenvalue weighted by molar-refractivity contribution is 0.101. The minimum Gasteiger partial charge on any atom is -0.322 e. The number of hydrogen-bond donors (Lipinski definition) is 2. The Balaban J connectivity index is 1.28. The molecule has 0 fully saturated rings. The molecule has 0 atom stereocenters. The van der Waals surface area contributed by atoms with Gasteiger partial charge in [-0.2, -0.15) is 0 Å². The summed E-state index contributed by atoms with van der Waals surface area (Å²) in [6.45, 7) is 0.426. The number of amides is 2. The van der Waals surface area contributed by atoms with Crippen LogP contribution in [0.4, 0.5) is 17.1 Å². The highest BCUT2D eigenvalue weighted by molar-refractivity contribution is 7.92. The first kappa shape index (κ1) is 24.3. The Hall–Kier alpha value is -4.43. The summed E-state index contributed by atoms with van der Waals surface area (Å²) in [6.07, 6.45) is 1.61. The van der Waals surface area contributed by atoms with Crippen LogP contribution in [-0.2, 0) is 16.4 Å². The number of rotatable bonds is 6. The molecule has 7 nitrogen and oxygen atoms in total. The maximum Gasteiger partial charge on any atom is 0.264 e. The van der Waals surface area contributed by atoms with E-state index in [4.69, 9.17) is 0 Å². The second-order valence-electron chi connectivity index (χ2n) is 8.69. The molecule has 0 saturated carbocycles. The molecule has 0 radical (unpaired) electrons. The molecule has 37 heavy (non-hydrogen) atoms. The zero-order chi connectivity index (χ0) is 25.8. The number of nitrogens with zero attached hydrogens (tertiary/aromatic N) is 1. The maximum atomic E-state index is 13.3. The molecule has 0 saturated heterocycles. The lowest BCUT2D eigenvalue weighted by Gasteiger charge is -2.30. The van der Waals surface area contributed by atoms with Gasteiger partial charge in [0, 0.05) is 29.0 Å². The van der Waals surface area contributed by atoms with Crippen molar-refractivity contribution >= 4 is 38.9 Å². The molecule has 2 amide bonds. The minimum absolute atomic E-state index is 0.160. The number of carbonyl (C=O) groups excluding carboxylic acids is 2. The molecule has 0 unspecified atom stereocenters. The zero-order valence-corrected chi connectivity index (χ0v) is 20.7. The Morgan fingerprint density at radius 3 is 2.11 bits per heavy atom. The second kappa shape index (κ2) is 10.3. The molecular formula is C29H25N3O4S. The largest absolute Gasteiger partial charge is 0.322 e. The molecule has 8 heteroatoms. The van der Waals surface area contributed by atoms with E-state index in [2.05, 4.69) is 10.6 Å². The number of hydrogen-bond acceptors (Lipinski definition) is 4. The monoisotopic (exact) mass is 511 g/mol. The number of nitrogens with one attached hydrogen (secondary N) is 2. The number of para-hydroxylation sites is 1. The maximum absolute atomic E-state index is 13.3. The molecule has 1 aliphatic rings. The number of benzene rings is 4. The number of carbonyl (C=O) groups is 2. The average Bonchev–Trinajstić information content (AvgIpc) is 2.93. The fraction of sp³-hybridized carbons (Fsp3) is 0.103. The van der Waals surface area contributed by atoms with E-state index in [-0.39, 0.29) is 16.7 Å². The summed E-state index contributed by atoms with van der Waals surface area (Å²) >= 11 is 0. The molecule has 2 N–H and O–H groups in total. The van der Waals surface area contributed by atoms with Crippen LogP contribution >= 0.6 is 0 Å². The normalized spacial score (nSPS) is 12.9. The summed E-state index contributed by atoms with van der Waals surface area (Å²) in [5.41, 5.74) is 3.55. The SMILES string of the molecule is O=C(Nc1cccc(C(=O)Nc2ccc(S(=O)(=O)N3CCCc4ccccc43)cc2)c1)c1ccccc1. The van der Waals surface area contributed by atoms with E-state index >= 15 is 0 Å². The van der Waals surface area contributed by atoms with E-state index in [1.54, 1.807) is 60.7 Å². The summed E-state index contributed by atoms with van der Waals surface area (Å²) in [5, 5.41) is 5.57. The fourth-order valence-corrected chi connectivity index (χ4v) is 5.86. The van der Waals surface area contributed by atoms with Gasteiger partial charge in [-0.3, -0.25) is 13.9 Å². The smallest absolute Gasteiger partial charge is 0.264 e. The van der Waals surface area contributed by atoms with Crippen molar-refractivity contribution in [2.24, 2.45) is 0 Å². The van der Waals surface area contributed by atoms with Crippen molar-refractivity contribution in [3.05, 3.63) is 120 Å². The number of anilines is 3. The third kappa shape index (κ3) is 5.24. The highest BCUT2D eigenvalue weighted by Gasteiger charge is 2.28. The highest BCUT2D eigenvalue weighted by atomic mass is 32.2.